The lowest BCUT2D eigenvalue weighted by Crippen LogP contribution is -2.14. The van der Waals surface area contributed by atoms with E-state index in [9.17, 15) is 10.1 Å². The summed E-state index contributed by atoms with van der Waals surface area (Å²) in [6, 6.07) is 12.3. The first-order valence-electron chi connectivity index (χ1n) is 5.75. The highest BCUT2D eigenvalue weighted by molar-refractivity contribution is 6.32. The molecule has 0 aliphatic rings. The number of hydrogen-bond donors (Lipinski definition) is 0. The minimum atomic E-state index is -0.904. The number of aromatic nitrogens is 1. The van der Waals surface area contributed by atoms with Crippen LogP contribution in [0.1, 0.15) is 27.5 Å². The summed E-state index contributed by atoms with van der Waals surface area (Å²) in [6.45, 7) is 1.77. The first-order chi connectivity index (χ1) is 9.15. The lowest BCUT2D eigenvalue weighted by Gasteiger charge is -2.10. The number of hydrogen-bond acceptors (Lipinski definition) is 3. The first kappa shape index (κ1) is 13.3. The number of Topliss-reactive ketones (excluding diaryl/α,β-unsaturated/α-hetero) is 1. The van der Waals surface area contributed by atoms with Gasteiger partial charge >= 0.3 is 0 Å². The number of rotatable bonds is 3. The molecule has 1 heterocycles. The molecule has 94 valence electrons. The molecule has 0 saturated heterocycles. The average molecular weight is 271 g/mol. The van der Waals surface area contributed by atoms with Crippen molar-refractivity contribution < 1.29 is 4.79 Å². The third kappa shape index (κ3) is 2.64. The SMILES string of the molecule is Cc1c(Cl)cccc1C(=O)C(C#N)c1ccccn1. The number of ketones is 1. The van der Waals surface area contributed by atoms with Gasteiger partial charge in [0.1, 0.15) is 0 Å². The van der Waals surface area contributed by atoms with Gasteiger partial charge in [0.25, 0.3) is 0 Å². The van der Waals surface area contributed by atoms with Gasteiger partial charge in [0.2, 0.25) is 0 Å². The second-order valence-electron chi connectivity index (χ2n) is 4.09. The monoisotopic (exact) mass is 270 g/mol. The fourth-order valence-electron chi connectivity index (χ4n) is 1.84. The van der Waals surface area contributed by atoms with E-state index in [0.29, 0.717) is 21.8 Å². The van der Waals surface area contributed by atoms with Crippen molar-refractivity contribution >= 4 is 17.4 Å². The molecule has 2 rings (SSSR count). The molecule has 1 aromatic heterocycles. The van der Waals surface area contributed by atoms with E-state index < -0.39 is 5.92 Å². The van der Waals surface area contributed by atoms with Gasteiger partial charge in [-0.25, -0.2) is 0 Å². The molecular formula is C15H11ClN2O. The molecule has 0 aliphatic heterocycles. The first-order valence-corrected chi connectivity index (χ1v) is 6.13. The van der Waals surface area contributed by atoms with Gasteiger partial charge in [-0.15, -0.1) is 0 Å². The number of pyridine rings is 1. The number of benzene rings is 1. The van der Waals surface area contributed by atoms with E-state index in [1.165, 1.54) is 0 Å². The molecule has 0 fully saturated rings. The quantitative estimate of drug-likeness (QED) is 0.802. The van der Waals surface area contributed by atoms with Crippen molar-refractivity contribution in [3.05, 3.63) is 64.4 Å². The van der Waals surface area contributed by atoms with Gasteiger partial charge in [-0.2, -0.15) is 5.26 Å². The second kappa shape index (κ2) is 5.64. The van der Waals surface area contributed by atoms with Crippen LogP contribution in [0.2, 0.25) is 5.02 Å². The van der Waals surface area contributed by atoms with Gasteiger partial charge in [-0.05, 0) is 30.7 Å². The highest BCUT2D eigenvalue weighted by Crippen LogP contribution is 2.24. The van der Waals surface area contributed by atoms with Crippen LogP contribution in [0.15, 0.2) is 42.6 Å². The van der Waals surface area contributed by atoms with Crippen molar-refractivity contribution in [3.8, 4) is 6.07 Å². The normalized spacial score (nSPS) is 11.6. The number of nitrogens with zero attached hydrogens (tertiary/aromatic N) is 2. The Morgan fingerprint density at radius 2 is 2.11 bits per heavy atom. The maximum atomic E-state index is 12.4. The Balaban J connectivity index is 2.43. The zero-order chi connectivity index (χ0) is 13.8. The van der Waals surface area contributed by atoms with Crippen LogP contribution in [0.25, 0.3) is 0 Å². The predicted molar refractivity (Wildman–Crippen MR) is 73.1 cm³/mol. The molecule has 0 radical (unpaired) electrons. The summed E-state index contributed by atoms with van der Waals surface area (Å²) >= 11 is 6.00. The molecule has 2 aromatic rings. The van der Waals surface area contributed by atoms with Gasteiger partial charge < -0.3 is 0 Å². The van der Waals surface area contributed by atoms with Crippen molar-refractivity contribution in [3.63, 3.8) is 0 Å². The van der Waals surface area contributed by atoms with Crippen LogP contribution in [0.5, 0.6) is 0 Å². The van der Waals surface area contributed by atoms with Crippen molar-refractivity contribution in [1.82, 2.24) is 4.98 Å². The molecule has 19 heavy (non-hydrogen) atoms. The minimum absolute atomic E-state index is 0.277. The van der Waals surface area contributed by atoms with Crippen LogP contribution in [-0.2, 0) is 0 Å². The third-order valence-electron chi connectivity index (χ3n) is 2.91. The van der Waals surface area contributed by atoms with E-state index in [2.05, 4.69) is 4.98 Å². The molecule has 0 bridgehead atoms. The van der Waals surface area contributed by atoms with Gasteiger partial charge in [-0.1, -0.05) is 29.8 Å². The fourth-order valence-corrected chi connectivity index (χ4v) is 2.01. The lowest BCUT2D eigenvalue weighted by atomic mass is 9.93. The number of nitriles is 1. The fraction of sp³-hybridized carbons (Fsp3) is 0.133. The number of carbonyl (C=O) groups excluding carboxylic acids is 1. The Morgan fingerprint density at radius 1 is 1.32 bits per heavy atom. The predicted octanol–water partition coefficient (Wildman–Crippen LogP) is 3.53. The van der Waals surface area contributed by atoms with E-state index in [4.69, 9.17) is 11.6 Å². The number of carbonyl (C=O) groups is 1. The maximum Gasteiger partial charge on any atom is 0.186 e. The molecule has 0 amide bonds. The van der Waals surface area contributed by atoms with E-state index in [1.807, 2.05) is 6.07 Å². The largest absolute Gasteiger partial charge is 0.292 e. The highest BCUT2D eigenvalue weighted by atomic mass is 35.5. The van der Waals surface area contributed by atoms with Crippen molar-refractivity contribution in [2.75, 3.05) is 0 Å². The Bertz CT molecular complexity index is 647. The van der Waals surface area contributed by atoms with Crippen molar-refractivity contribution in [2.24, 2.45) is 0 Å². The van der Waals surface area contributed by atoms with Gasteiger partial charge in [0.05, 0.1) is 11.8 Å². The molecular weight excluding hydrogens is 260 g/mol. The van der Waals surface area contributed by atoms with Crippen LogP contribution >= 0.6 is 11.6 Å². The Kier molecular flexibility index (Phi) is 3.94. The molecule has 0 aliphatic carbocycles. The summed E-state index contributed by atoms with van der Waals surface area (Å²) in [5.41, 5.74) is 1.60. The summed E-state index contributed by atoms with van der Waals surface area (Å²) in [5, 5.41) is 9.74. The van der Waals surface area contributed by atoms with Gasteiger partial charge in [-0.3, -0.25) is 9.78 Å². The smallest absolute Gasteiger partial charge is 0.186 e. The average Bonchev–Trinajstić information content (AvgIpc) is 2.44. The Morgan fingerprint density at radius 3 is 2.74 bits per heavy atom. The molecule has 0 spiro atoms. The third-order valence-corrected chi connectivity index (χ3v) is 3.32. The van der Waals surface area contributed by atoms with E-state index >= 15 is 0 Å². The number of halogens is 1. The van der Waals surface area contributed by atoms with Crippen LogP contribution in [0.3, 0.4) is 0 Å². The summed E-state index contributed by atoms with van der Waals surface area (Å²) < 4.78 is 0. The topological polar surface area (TPSA) is 53.8 Å². The highest BCUT2D eigenvalue weighted by Gasteiger charge is 2.24. The minimum Gasteiger partial charge on any atom is -0.292 e. The molecule has 3 nitrogen and oxygen atoms in total. The molecule has 1 atom stereocenters. The van der Waals surface area contributed by atoms with E-state index in [1.54, 1.807) is 49.5 Å². The Hall–Kier alpha value is -2.18. The van der Waals surface area contributed by atoms with Crippen molar-refractivity contribution in [1.29, 1.82) is 5.26 Å². The zero-order valence-corrected chi connectivity index (χ0v) is 11.1. The lowest BCUT2D eigenvalue weighted by molar-refractivity contribution is 0.0977. The summed E-state index contributed by atoms with van der Waals surface area (Å²) in [4.78, 5) is 16.5. The summed E-state index contributed by atoms with van der Waals surface area (Å²) in [7, 11) is 0. The zero-order valence-electron chi connectivity index (χ0n) is 10.3. The summed E-state index contributed by atoms with van der Waals surface area (Å²) in [5.74, 6) is -1.18. The van der Waals surface area contributed by atoms with Crippen LogP contribution in [0.4, 0.5) is 0 Å². The van der Waals surface area contributed by atoms with Crippen LogP contribution in [0, 0.1) is 18.3 Å². The molecule has 4 heteroatoms. The molecule has 0 saturated carbocycles. The van der Waals surface area contributed by atoms with Gasteiger partial charge in [0, 0.05) is 16.8 Å². The molecule has 1 aromatic carbocycles. The van der Waals surface area contributed by atoms with E-state index in [0.717, 1.165) is 0 Å². The Labute approximate surface area is 116 Å². The molecule has 0 N–H and O–H groups in total. The second-order valence-corrected chi connectivity index (χ2v) is 4.50. The standard InChI is InChI=1S/C15H11ClN2O/c1-10-11(5-4-6-13(10)16)15(19)12(9-17)14-7-2-3-8-18-14/h2-8,12H,1H3. The summed E-state index contributed by atoms with van der Waals surface area (Å²) in [6.07, 6.45) is 1.57. The van der Waals surface area contributed by atoms with Crippen LogP contribution in [-0.4, -0.2) is 10.8 Å². The van der Waals surface area contributed by atoms with Crippen LogP contribution < -0.4 is 0 Å². The van der Waals surface area contributed by atoms with Crippen molar-refractivity contribution in [2.45, 2.75) is 12.8 Å². The van der Waals surface area contributed by atoms with E-state index in [-0.39, 0.29) is 5.78 Å². The maximum absolute atomic E-state index is 12.4. The van der Waals surface area contributed by atoms with Gasteiger partial charge in [0.15, 0.2) is 11.7 Å². The molecule has 1 unspecified atom stereocenters.